The van der Waals surface area contributed by atoms with Crippen LogP contribution >= 0.6 is 0 Å². The van der Waals surface area contributed by atoms with Crippen LogP contribution in [0, 0.1) is 6.92 Å². The molecule has 8 heteroatoms. The van der Waals surface area contributed by atoms with Crippen molar-refractivity contribution < 1.29 is 17.9 Å². The third-order valence-corrected chi connectivity index (χ3v) is 9.01. The van der Waals surface area contributed by atoms with Crippen molar-refractivity contribution in [2.45, 2.75) is 44.4 Å². The van der Waals surface area contributed by atoms with Crippen LogP contribution in [0.1, 0.15) is 43.9 Å². The molecule has 5 rings (SSSR count). The standard InChI is InChI=1S/C30H35N3O4S/c1-21-7-13-26-28(19-21)37-27-14-10-23(36-5)20-25(27)29(31-26)32-15-6-16-33(18-17-32)38(34,35)24-11-8-22(9-12-24)30(2,3)4/h7-14,19-20H,6,15-18H2,1-5H3. The molecule has 0 bridgehead atoms. The fourth-order valence-corrected chi connectivity index (χ4v) is 6.32. The largest absolute Gasteiger partial charge is 0.497 e. The third kappa shape index (κ3) is 5.15. The Hall–Kier alpha value is -3.36. The van der Waals surface area contributed by atoms with Gasteiger partial charge in [0.15, 0.2) is 5.75 Å². The maximum Gasteiger partial charge on any atom is 0.243 e. The molecule has 2 heterocycles. The summed E-state index contributed by atoms with van der Waals surface area (Å²) >= 11 is 0. The van der Waals surface area contributed by atoms with Crippen molar-refractivity contribution in [3.63, 3.8) is 0 Å². The van der Waals surface area contributed by atoms with Crippen LogP contribution < -0.4 is 9.47 Å². The number of benzene rings is 3. The molecule has 0 aliphatic carbocycles. The summed E-state index contributed by atoms with van der Waals surface area (Å²) in [6.07, 6.45) is 0.680. The molecule has 200 valence electrons. The lowest BCUT2D eigenvalue weighted by molar-refractivity contribution is 0.405. The summed E-state index contributed by atoms with van der Waals surface area (Å²) in [6, 6.07) is 19.0. The lowest BCUT2D eigenvalue weighted by Crippen LogP contribution is -2.37. The van der Waals surface area contributed by atoms with Crippen LogP contribution in [0.3, 0.4) is 0 Å². The molecule has 3 aromatic rings. The Morgan fingerprint density at radius 2 is 1.66 bits per heavy atom. The van der Waals surface area contributed by atoms with Gasteiger partial charge in [0.25, 0.3) is 0 Å². The highest BCUT2D eigenvalue weighted by Gasteiger charge is 2.30. The fourth-order valence-electron chi connectivity index (χ4n) is 4.85. The van der Waals surface area contributed by atoms with Crippen LogP contribution in [0.2, 0.25) is 0 Å². The highest BCUT2D eigenvalue weighted by atomic mass is 32.2. The molecule has 1 saturated heterocycles. The van der Waals surface area contributed by atoms with Crippen molar-refractivity contribution in [1.82, 2.24) is 9.21 Å². The number of ether oxygens (including phenoxy) is 2. The van der Waals surface area contributed by atoms with E-state index in [2.05, 4.69) is 25.7 Å². The molecule has 7 nitrogen and oxygen atoms in total. The quantitative estimate of drug-likeness (QED) is 0.420. The third-order valence-electron chi connectivity index (χ3n) is 7.10. The Morgan fingerprint density at radius 3 is 2.37 bits per heavy atom. The van der Waals surface area contributed by atoms with Gasteiger partial charge in [-0.15, -0.1) is 0 Å². The molecule has 38 heavy (non-hydrogen) atoms. The van der Waals surface area contributed by atoms with Gasteiger partial charge in [-0.25, -0.2) is 13.4 Å². The number of hydrogen-bond acceptors (Lipinski definition) is 6. The van der Waals surface area contributed by atoms with Crippen LogP contribution in [0.4, 0.5) is 5.69 Å². The first-order valence-electron chi connectivity index (χ1n) is 13.0. The number of sulfonamides is 1. The van der Waals surface area contributed by atoms with E-state index in [4.69, 9.17) is 14.5 Å². The number of hydrogen-bond donors (Lipinski definition) is 0. The molecule has 0 unspecified atom stereocenters. The molecule has 2 aliphatic heterocycles. The van der Waals surface area contributed by atoms with Gasteiger partial charge >= 0.3 is 0 Å². The van der Waals surface area contributed by atoms with Gasteiger partial charge in [0.2, 0.25) is 10.0 Å². The highest BCUT2D eigenvalue weighted by Crippen LogP contribution is 2.40. The number of methoxy groups -OCH3 is 1. The Bertz CT molecular complexity index is 1470. The first kappa shape index (κ1) is 26.3. The molecular formula is C30H35N3O4S. The molecule has 3 aromatic carbocycles. The Kier molecular flexibility index (Phi) is 6.96. The fraction of sp³-hybridized carbons (Fsp3) is 0.367. The van der Waals surface area contributed by atoms with Crippen LogP contribution in [0.5, 0.6) is 17.2 Å². The van der Waals surface area contributed by atoms with Crippen molar-refractivity contribution in [3.8, 4) is 17.2 Å². The predicted molar refractivity (Wildman–Crippen MR) is 151 cm³/mol. The number of rotatable bonds is 3. The minimum Gasteiger partial charge on any atom is -0.497 e. The summed E-state index contributed by atoms with van der Waals surface area (Å²) < 4.78 is 40.5. The van der Waals surface area contributed by atoms with Crippen LogP contribution in [-0.4, -0.2) is 56.7 Å². The summed E-state index contributed by atoms with van der Waals surface area (Å²) in [7, 11) is -1.98. The Morgan fingerprint density at radius 1 is 0.895 bits per heavy atom. The van der Waals surface area contributed by atoms with E-state index in [9.17, 15) is 8.42 Å². The van der Waals surface area contributed by atoms with Crippen LogP contribution in [0.25, 0.3) is 0 Å². The Balaban J connectivity index is 1.45. The van der Waals surface area contributed by atoms with E-state index in [0.29, 0.717) is 54.7 Å². The minimum absolute atomic E-state index is 0.0369. The molecule has 0 saturated carbocycles. The second-order valence-electron chi connectivity index (χ2n) is 10.9. The zero-order valence-electron chi connectivity index (χ0n) is 22.7. The summed E-state index contributed by atoms with van der Waals surface area (Å²) in [6.45, 7) is 10.4. The molecule has 0 radical (unpaired) electrons. The van der Waals surface area contributed by atoms with E-state index in [1.54, 1.807) is 23.5 Å². The summed E-state index contributed by atoms with van der Waals surface area (Å²) in [5.41, 5.74) is 3.73. The SMILES string of the molecule is COc1ccc2c(c1)C(N1CCCN(S(=O)(=O)c3ccc(C(C)(C)C)cc3)CC1)=Nc1ccc(C)cc1O2. The second kappa shape index (κ2) is 10.1. The van der Waals surface area contributed by atoms with Crippen molar-refractivity contribution in [2.24, 2.45) is 4.99 Å². The molecule has 2 aliphatic rings. The van der Waals surface area contributed by atoms with Crippen LogP contribution in [0.15, 0.2) is 70.6 Å². The van der Waals surface area contributed by atoms with Gasteiger partial charge in [-0.3, -0.25) is 0 Å². The molecule has 0 atom stereocenters. The van der Waals surface area contributed by atoms with E-state index in [1.165, 1.54) is 0 Å². The van der Waals surface area contributed by atoms with Gasteiger partial charge in [-0.05, 0) is 72.4 Å². The topological polar surface area (TPSA) is 71.4 Å². The lowest BCUT2D eigenvalue weighted by Gasteiger charge is -2.25. The molecule has 0 amide bonds. The van der Waals surface area contributed by atoms with Crippen molar-refractivity contribution in [3.05, 3.63) is 77.4 Å². The molecule has 0 N–H and O–H groups in total. The van der Waals surface area contributed by atoms with Gasteiger partial charge in [-0.1, -0.05) is 39.0 Å². The maximum atomic E-state index is 13.6. The number of fused-ring (bicyclic) bond motifs is 2. The lowest BCUT2D eigenvalue weighted by atomic mass is 9.87. The average molecular weight is 534 g/mol. The van der Waals surface area contributed by atoms with Crippen molar-refractivity contribution >= 4 is 21.5 Å². The summed E-state index contributed by atoms with van der Waals surface area (Å²) in [4.78, 5) is 7.53. The summed E-state index contributed by atoms with van der Waals surface area (Å²) in [5, 5.41) is 0. The van der Waals surface area contributed by atoms with Crippen molar-refractivity contribution in [2.75, 3.05) is 33.3 Å². The summed E-state index contributed by atoms with van der Waals surface area (Å²) in [5.74, 6) is 2.86. The van der Waals surface area contributed by atoms with E-state index in [-0.39, 0.29) is 5.41 Å². The van der Waals surface area contributed by atoms with Gasteiger partial charge in [-0.2, -0.15) is 4.31 Å². The Labute approximate surface area is 225 Å². The maximum absolute atomic E-state index is 13.6. The smallest absolute Gasteiger partial charge is 0.243 e. The number of aryl methyl sites for hydroxylation is 1. The number of aliphatic imine (C=N–C) groups is 1. The molecule has 1 fully saturated rings. The zero-order valence-corrected chi connectivity index (χ0v) is 23.5. The van der Waals surface area contributed by atoms with Gasteiger partial charge in [0.05, 0.1) is 17.6 Å². The average Bonchev–Trinajstić information content (AvgIpc) is 3.23. The number of nitrogens with zero attached hydrogens (tertiary/aromatic N) is 3. The predicted octanol–water partition coefficient (Wildman–Crippen LogP) is 5.88. The molecule has 0 aromatic heterocycles. The first-order valence-corrected chi connectivity index (χ1v) is 14.4. The first-order chi connectivity index (χ1) is 18.1. The zero-order chi connectivity index (χ0) is 27.1. The highest BCUT2D eigenvalue weighted by molar-refractivity contribution is 7.89. The normalized spacial score (nSPS) is 16.4. The number of amidine groups is 1. The van der Waals surface area contributed by atoms with E-state index in [1.807, 2.05) is 55.5 Å². The van der Waals surface area contributed by atoms with E-state index >= 15 is 0 Å². The van der Waals surface area contributed by atoms with Crippen molar-refractivity contribution in [1.29, 1.82) is 0 Å². The second-order valence-corrected chi connectivity index (χ2v) is 12.8. The monoisotopic (exact) mass is 533 g/mol. The van der Waals surface area contributed by atoms with Gasteiger partial charge in [0, 0.05) is 26.2 Å². The van der Waals surface area contributed by atoms with Gasteiger partial charge < -0.3 is 14.4 Å². The molecule has 0 spiro atoms. The minimum atomic E-state index is -3.61. The van der Waals surface area contributed by atoms with E-state index < -0.39 is 10.0 Å². The molecular weight excluding hydrogens is 498 g/mol. The van der Waals surface area contributed by atoms with E-state index in [0.717, 1.165) is 28.2 Å². The van der Waals surface area contributed by atoms with Crippen LogP contribution in [-0.2, 0) is 15.4 Å². The van der Waals surface area contributed by atoms with Gasteiger partial charge in [0.1, 0.15) is 23.0 Å².